The molecule has 0 saturated heterocycles. The van der Waals surface area contributed by atoms with Gasteiger partial charge in [-0.05, 0) is 59.2 Å². The first kappa shape index (κ1) is 29.9. The smallest absolute Gasteiger partial charge is 0.164 e. The molecule has 9 aromatic rings. The Labute approximate surface area is 295 Å². The van der Waals surface area contributed by atoms with E-state index in [1.54, 1.807) is 0 Å². The first-order chi connectivity index (χ1) is 25.2. The number of benzene rings is 7. The summed E-state index contributed by atoms with van der Waals surface area (Å²) in [6.45, 7) is 0. The van der Waals surface area contributed by atoms with Gasteiger partial charge >= 0.3 is 0 Å². The summed E-state index contributed by atoms with van der Waals surface area (Å²) in [6.07, 6.45) is 0. The highest BCUT2D eigenvalue weighted by Gasteiger charge is 2.20. The van der Waals surface area contributed by atoms with Crippen LogP contribution in [-0.2, 0) is 0 Å². The average Bonchev–Trinajstić information content (AvgIpc) is 3.55. The van der Waals surface area contributed by atoms with Crippen LogP contribution in [0.5, 0.6) is 0 Å². The van der Waals surface area contributed by atoms with Crippen LogP contribution in [-0.4, -0.2) is 19.5 Å². The number of hydrogen-bond acceptors (Lipinski definition) is 4. The maximum atomic E-state index is 10.3. The lowest BCUT2D eigenvalue weighted by Crippen LogP contribution is -2.02. The van der Waals surface area contributed by atoms with E-state index in [-0.39, 0.29) is 0 Å². The summed E-state index contributed by atoms with van der Waals surface area (Å²) in [6, 6.07) is 62.1. The van der Waals surface area contributed by atoms with Gasteiger partial charge in [0.25, 0.3) is 0 Å². The molecule has 0 bridgehead atoms. The molecule has 0 aliphatic heterocycles. The van der Waals surface area contributed by atoms with Gasteiger partial charge in [-0.25, -0.2) is 15.0 Å². The summed E-state index contributed by atoms with van der Waals surface area (Å²) in [5.74, 6) is 1.70. The molecule has 0 amide bonds. The van der Waals surface area contributed by atoms with E-state index < -0.39 is 0 Å². The summed E-state index contributed by atoms with van der Waals surface area (Å²) in [7, 11) is 0. The fraction of sp³-hybridized carbons (Fsp3) is 0. The predicted molar refractivity (Wildman–Crippen MR) is 206 cm³/mol. The second-order valence-electron chi connectivity index (χ2n) is 12.4. The molecule has 9 rings (SSSR count). The molecule has 2 aromatic heterocycles. The Morgan fingerprint density at radius 2 is 0.961 bits per heavy atom. The van der Waals surface area contributed by atoms with Crippen LogP contribution in [0, 0.1) is 11.3 Å². The summed E-state index contributed by atoms with van der Waals surface area (Å²) >= 11 is 0. The highest BCUT2D eigenvalue weighted by molar-refractivity contribution is 6.10. The number of fused-ring (bicyclic) bond motifs is 3. The lowest BCUT2D eigenvalue weighted by Gasteiger charge is -2.16. The zero-order valence-corrected chi connectivity index (χ0v) is 27.5. The summed E-state index contributed by atoms with van der Waals surface area (Å²) < 4.78 is 2.31. The van der Waals surface area contributed by atoms with Crippen LogP contribution in [0.1, 0.15) is 5.56 Å². The first-order valence-corrected chi connectivity index (χ1v) is 16.8. The van der Waals surface area contributed by atoms with Gasteiger partial charge in [0.1, 0.15) is 0 Å². The molecule has 0 aliphatic rings. The van der Waals surface area contributed by atoms with Crippen molar-refractivity contribution in [1.82, 2.24) is 19.5 Å². The Morgan fingerprint density at radius 3 is 1.65 bits per heavy atom. The quantitative estimate of drug-likeness (QED) is 0.179. The van der Waals surface area contributed by atoms with Crippen LogP contribution < -0.4 is 0 Å². The molecule has 0 N–H and O–H groups in total. The van der Waals surface area contributed by atoms with Gasteiger partial charge < -0.3 is 4.57 Å². The van der Waals surface area contributed by atoms with Crippen molar-refractivity contribution in [1.29, 1.82) is 5.26 Å². The SMILES string of the molecule is N#Cc1ccccc1-c1cc(-n2c3ccccc3c3cc(-c4ccccc4)ccc32)ccc1-c1nc(-c2ccccc2)nc(-c2ccccc2)n1. The lowest BCUT2D eigenvalue weighted by molar-refractivity contribution is 1.07. The topological polar surface area (TPSA) is 67.4 Å². The van der Waals surface area contributed by atoms with Gasteiger partial charge in [-0.2, -0.15) is 5.26 Å². The zero-order chi connectivity index (χ0) is 34.1. The molecule has 0 fully saturated rings. The maximum absolute atomic E-state index is 10.3. The van der Waals surface area contributed by atoms with E-state index in [1.165, 1.54) is 21.9 Å². The molecule has 7 aromatic carbocycles. The molecule has 0 aliphatic carbocycles. The van der Waals surface area contributed by atoms with E-state index in [1.807, 2.05) is 91.0 Å². The number of para-hydroxylation sites is 1. The van der Waals surface area contributed by atoms with Crippen molar-refractivity contribution in [3.8, 4) is 68.2 Å². The van der Waals surface area contributed by atoms with Crippen molar-refractivity contribution in [2.45, 2.75) is 0 Å². The van der Waals surface area contributed by atoms with Gasteiger partial charge in [0, 0.05) is 38.7 Å². The number of aromatic nitrogens is 4. The lowest BCUT2D eigenvalue weighted by atomic mass is 9.94. The third-order valence-electron chi connectivity index (χ3n) is 9.32. The van der Waals surface area contributed by atoms with Crippen molar-refractivity contribution < 1.29 is 0 Å². The average molecular weight is 652 g/mol. The molecule has 0 radical (unpaired) electrons. The minimum absolute atomic E-state index is 0.534. The van der Waals surface area contributed by atoms with Crippen LogP contribution >= 0.6 is 0 Å². The summed E-state index contributed by atoms with van der Waals surface area (Å²) in [5, 5.41) is 12.6. The van der Waals surface area contributed by atoms with Crippen molar-refractivity contribution in [3.05, 3.63) is 181 Å². The minimum atomic E-state index is 0.534. The van der Waals surface area contributed by atoms with Crippen LogP contribution in [0.25, 0.3) is 83.9 Å². The fourth-order valence-corrected chi connectivity index (χ4v) is 6.89. The molecule has 0 unspecified atom stereocenters. The largest absolute Gasteiger partial charge is 0.309 e. The van der Waals surface area contributed by atoms with Gasteiger partial charge in [0.2, 0.25) is 0 Å². The van der Waals surface area contributed by atoms with E-state index in [4.69, 9.17) is 15.0 Å². The standard InChI is InChI=1S/C46H29N5/c47-30-35-20-10-11-21-37(35)40-29-36(51-42-23-13-12-22-38(42)41-28-34(24-27-43(41)51)31-14-4-1-5-15-31)25-26-39(40)46-49-44(32-16-6-2-7-17-32)48-45(50-46)33-18-8-3-9-19-33/h1-29H. The van der Waals surface area contributed by atoms with Gasteiger partial charge in [-0.15, -0.1) is 0 Å². The summed E-state index contributed by atoms with van der Waals surface area (Å²) in [4.78, 5) is 15.0. The summed E-state index contributed by atoms with van der Waals surface area (Å²) in [5.41, 5.74) is 10.4. The Balaban J connectivity index is 1.30. The molecule has 5 heteroatoms. The number of rotatable bonds is 6. The second kappa shape index (κ2) is 12.7. The van der Waals surface area contributed by atoms with Gasteiger partial charge in [-0.1, -0.05) is 133 Å². The maximum Gasteiger partial charge on any atom is 0.164 e. The predicted octanol–water partition coefficient (Wildman–Crippen LogP) is 11.2. The van der Waals surface area contributed by atoms with Crippen LogP contribution in [0.15, 0.2) is 176 Å². The molecule has 0 spiro atoms. The molecular weight excluding hydrogens is 623 g/mol. The Hall–Kier alpha value is -7.16. The van der Waals surface area contributed by atoms with Crippen molar-refractivity contribution in [2.24, 2.45) is 0 Å². The van der Waals surface area contributed by atoms with E-state index in [0.29, 0.717) is 23.0 Å². The van der Waals surface area contributed by atoms with Crippen LogP contribution in [0.3, 0.4) is 0 Å². The molecule has 51 heavy (non-hydrogen) atoms. The van der Waals surface area contributed by atoms with Crippen molar-refractivity contribution >= 4 is 21.8 Å². The highest BCUT2D eigenvalue weighted by Crippen LogP contribution is 2.39. The van der Waals surface area contributed by atoms with Gasteiger partial charge in [-0.3, -0.25) is 0 Å². The Kier molecular flexibility index (Phi) is 7.46. The third-order valence-corrected chi connectivity index (χ3v) is 9.32. The van der Waals surface area contributed by atoms with E-state index in [0.717, 1.165) is 44.5 Å². The minimum Gasteiger partial charge on any atom is -0.309 e. The van der Waals surface area contributed by atoms with Crippen molar-refractivity contribution in [3.63, 3.8) is 0 Å². The molecule has 5 nitrogen and oxygen atoms in total. The monoisotopic (exact) mass is 651 g/mol. The number of hydrogen-bond donors (Lipinski definition) is 0. The second-order valence-corrected chi connectivity index (χ2v) is 12.4. The molecule has 0 saturated carbocycles. The molecule has 238 valence electrons. The fourth-order valence-electron chi connectivity index (χ4n) is 6.89. The van der Waals surface area contributed by atoms with Crippen LogP contribution in [0.2, 0.25) is 0 Å². The van der Waals surface area contributed by atoms with Crippen LogP contribution in [0.4, 0.5) is 0 Å². The normalized spacial score (nSPS) is 11.1. The van der Waals surface area contributed by atoms with E-state index in [9.17, 15) is 5.26 Å². The Morgan fingerprint density at radius 1 is 0.392 bits per heavy atom. The highest BCUT2D eigenvalue weighted by atomic mass is 15.0. The Bertz CT molecular complexity index is 2690. The van der Waals surface area contributed by atoms with E-state index >= 15 is 0 Å². The van der Waals surface area contributed by atoms with E-state index in [2.05, 4.69) is 95.6 Å². The van der Waals surface area contributed by atoms with Gasteiger partial charge in [0.05, 0.1) is 22.7 Å². The number of nitriles is 1. The zero-order valence-electron chi connectivity index (χ0n) is 27.5. The first-order valence-electron chi connectivity index (χ1n) is 16.8. The number of nitrogens with zero attached hydrogens (tertiary/aromatic N) is 5. The van der Waals surface area contributed by atoms with Gasteiger partial charge in [0.15, 0.2) is 17.5 Å². The molecular formula is C46H29N5. The molecule has 0 atom stereocenters. The third kappa shape index (κ3) is 5.42. The van der Waals surface area contributed by atoms with Crippen molar-refractivity contribution in [2.75, 3.05) is 0 Å². The molecule has 2 heterocycles.